The first-order valence-electron chi connectivity index (χ1n) is 6.13. The maximum Gasteiger partial charge on any atom is 0.243 e. The Morgan fingerprint density at radius 2 is 2.05 bits per heavy atom. The van der Waals surface area contributed by atoms with E-state index in [-0.39, 0.29) is 22.2 Å². The number of halogens is 3. The topological polar surface area (TPSA) is 64.9 Å². The first kappa shape index (κ1) is 15.1. The Morgan fingerprint density at radius 1 is 1.35 bits per heavy atom. The van der Waals surface area contributed by atoms with Crippen LogP contribution in [0.4, 0.5) is 8.78 Å². The Bertz CT molecular complexity index is 616. The second-order valence-corrected chi connectivity index (χ2v) is 5.71. The summed E-state index contributed by atoms with van der Waals surface area (Å²) in [7, 11) is 0. The van der Waals surface area contributed by atoms with E-state index in [9.17, 15) is 8.78 Å². The molecule has 108 valence electrons. The van der Waals surface area contributed by atoms with Gasteiger partial charge < -0.3 is 10.3 Å². The van der Waals surface area contributed by atoms with Crippen LogP contribution in [0.3, 0.4) is 0 Å². The van der Waals surface area contributed by atoms with E-state index in [1.165, 1.54) is 6.07 Å². The lowest BCUT2D eigenvalue weighted by Crippen LogP contribution is -2.13. The number of aromatic nitrogens is 2. The van der Waals surface area contributed by atoms with Crippen molar-refractivity contribution in [2.24, 2.45) is 11.7 Å². The van der Waals surface area contributed by atoms with Crippen molar-refractivity contribution in [3.63, 3.8) is 0 Å². The minimum absolute atomic E-state index is 0.0396. The van der Waals surface area contributed by atoms with Gasteiger partial charge in [0, 0.05) is 5.56 Å². The Hall–Kier alpha value is -1.34. The quantitative estimate of drug-likeness (QED) is 0.855. The molecule has 0 amide bonds. The third-order valence-corrected chi connectivity index (χ3v) is 3.54. The molecule has 0 spiro atoms. The van der Waals surface area contributed by atoms with Crippen molar-refractivity contribution in [1.82, 2.24) is 10.1 Å². The second-order valence-electron chi connectivity index (χ2n) is 4.92. The van der Waals surface area contributed by atoms with Crippen LogP contribution in [0.25, 0.3) is 11.4 Å². The maximum absolute atomic E-state index is 13.5. The van der Waals surface area contributed by atoms with Crippen LogP contribution >= 0.6 is 15.9 Å². The van der Waals surface area contributed by atoms with Gasteiger partial charge in [-0.3, -0.25) is 0 Å². The molecule has 0 saturated heterocycles. The number of nitrogens with zero attached hydrogens (tertiary/aromatic N) is 2. The van der Waals surface area contributed by atoms with E-state index < -0.39 is 11.6 Å². The molecule has 0 saturated carbocycles. The molecule has 2 aromatic rings. The Balaban J connectivity index is 2.32. The molecule has 7 heteroatoms. The lowest BCUT2D eigenvalue weighted by molar-refractivity contribution is 0.335. The Kier molecular flexibility index (Phi) is 4.49. The van der Waals surface area contributed by atoms with Gasteiger partial charge in [0.2, 0.25) is 11.7 Å². The first-order valence-corrected chi connectivity index (χ1v) is 6.92. The highest BCUT2D eigenvalue weighted by atomic mass is 79.9. The summed E-state index contributed by atoms with van der Waals surface area (Å²) < 4.78 is 31.6. The van der Waals surface area contributed by atoms with Gasteiger partial charge >= 0.3 is 0 Å². The smallest absolute Gasteiger partial charge is 0.243 e. The normalized spacial score (nSPS) is 12.9. The van der Waals surface area contributed by atoms with E-state index in [0.717, 1.165) is 6.07 Å². The van der Waals surface area contributed by atoms with Crippen LogP contribution in [0.15, 0.2) is 21.1 Å². The van der Waals surface area contributed by atoms with E-state index >= 15 is 0 Å². The minimum Gasteiger partial charge on any atom is -0.337 e. The molecule has 2 N–H and O–H groups in total. The summed E-state index contributed by atoms with van der Waals surface area (Å²) in [5.41, 5.74) is 6.25. The van der Waals surface area contributed by atoms with Crippen molar-refractivity contribution in [2.45, 2.75) is 26.3 Å². The van der Waals surface area contributed by atoms with E-state index in [0.29, 0.717) is 17.9 Å². The third-order valence-electron chi connectivity index (χ3n) is 2.76. The summed E-state index contributed by atoms with van der Waals surface area (Å²) in [6.07, 6.45) is 0.695. The van der Waals surface area contributed by atoms with Crippen molar-refractivity contribution in [1.29, 1.82) is 0 Å². The third kappa shape index (κ3) is 3.04. The molecule has 2 rings (SSSR count). The summed E-state index contributed by atoms with van der Waals surface area (Å²) in [6.45, 7) is 4.06. The summed E-state index contributed by atoms with van der Waals surface area (Å²) >= 11 is 2.99. The SMILES string of the molecule is CC(C)CC(N)c1nc(-c2ccc(F)c(F)c2Br)no1. The minimum atomic E-state index is -0.986. The Morgan fingerprint density at radius 3 is 2.70 bits per heavy atom. The largest absolute Gasteiger partial charge is 0.337 e. The van der Waals surface area contributed by atoms with Crippen molar-refractivity contribution in [3.8, 4) is 11.4 Å². The van der Waals surface area contributed by atoms with E-state index in [1.807, 2.05) is 13.8 Å². The van der Waals surface area contributed by atoms with Gasteiger partial charge in [-0.05, 0) is 40.4 Å². The van der Waals surface area contributed by atoms with Crippen molar-refractivity contribution < 1.29 is 13.3 Å². The molecule has 1 unspecified atom stereocenters. The molecule has 0 aliphatic rings. The average Bonchev–Trinajstić information content (AvgIpc) is 2.85. The molecule has 1 aromatic heterocycles. The highest BCUT2D eigenvalue weighted by Gasteiger charge is 2.20. The van der Waals surface area contributed by atoms with Crippen LogP contribution in [0, 0.1) is 17.6 Å². The molecular formula is C13H14BrF2N3O. The van der Waals surface area contributed by atoms with Gasteiger partial charge in [-0.1, -0.05) is 19.0 Å². The van der Waals surface area contributed by atoms with Crippen LogP contribution in [0.2, 0.25) is 0 Å². The second kappa shape index (κ2) is 5.97. The van der Waals surface area contributed by atoms with Crippen LogP contribution in [-0.2, 0) is 0 Å². The van der Waals surface area contributed by atoms with Gasteiger partial charge in [-0.15, -0.1) is 0 Å². The van der Waals surface area contributed by atoms with E-state index in [2.05, 4.69) is 26.1 Å². The summed E-state index contributed by atoms with van der Waals surface area (Å²) in [5.74, 6) is -1.09. The van der Waals surface area contributed by atoms with Crippen molar-refractivity contribution >= 4 is 15.9 Å². The number of hydrogen-bond acceptors (Lipinski definition) is 4. The standard InChI is InChI=1S/C13H14BrF2N3O/c1-6(2)5-9(17)13-18-12(19-20-13)7-3-4-8(15)11(16)10(7)14/h3-4,6,9H,5,17H2,1-2H3. The Labute approximate surface area is 123 Å². The van der Waals surface area contributed by atoms with Gasteiger partial charge in [0.15, 0.2) is 11.6 Å². The molecule has 1 aromatic carbocycles. The first-order chi connectivity index (χ1) is 9.40. The molecule has 0 fully saturated rings. The lowest BCUT2D eigenvalue weighted by Gasteiger charge is -2.08. The predicted octanol–water partition coefficient (Wildman–Crippen LogP) is 3.82. The average molecular weight is 346 g/mol. The fourth-order valence-electron chi connectivity index (χ4n) is 1.80. The van der Waals surface area contributed by atoms with Crippen LogP contribution in [0.1, 0.15) is 32.2 Å². The van der Waals surface area contributed by atoms with Gasteiger partial charge in [0.25, 0.3) is 0 Å². The van der Waals surface area contributed by atoms with Gasteiger partial charge in [0.1, 0.15) is 0 Å². The highest BCUT2D eigenvalue weighted by Crippen LogP contribution is 2.30. The monoisotopic (exact) mass is 345 g/mol. The molecular weight excluding hydrogens is 332 g/mol. The highest BCUT2D eigenvalue weighted by molar-refractivity contribution is 9.10. The lowest BCUT2D eigenvalue weighted by atomic mass is 10.0. The zero-order valence-electron chi connectivity index (χ0n) is 11.0. The fraction of sp³-hybridized carbons (Fsp3) is 0.385. The van der Waals surface area contributed by atoms with Gasteiger partial charge in [-0.25, -0.2) is 8.78 Å². The molecule has 1 atom stereocenters. The summed E-state index contributed by atoms with van der Waals surface area (Å²) in [4.78, 5) is 4.14. The van der Waals surface area contributed by atoms with Crippen molar-refractivity contribution in [2.75, 3.05) is 0 Å². The van der Waals surface area contributed by atoms with Crippen molar-refractivity contribution in [3.05, 3.63) is 34.1 Å². The van der Waals surface area contributed by atoms with Crippen LogP contribution in [0.5, 0.6) is 0 Å². The number of rotatable bonds is 4. The summed E-state index contributed by atoms with van der Waals surface area (Å²) in [6, 6.07) is 2.02. The number of benzene rings is 1. The molecule has 0 bridgehead atoms. The van der Waals surface area contributed by atoms with Gasteiger partial charge in [0.05, 0.1) is 10.5 Å². The zero-order valence-corrected chi connectivity index (χ0v) is 12.6. The fourth-order valence-corrected chi connectivity index (χ4v) is 2.30. The molecule has 0 aliphatic carbocycles. The van der Waals surface area contributed by atoms with Gasteiger partial charge in [-0.2, -0.15) is 4.98 Å². The molecule has 0 aliphatic heterocycles. The number of nitrogens with two attached hydrogens (primary N) is 1. The van der Waals surface area contributed by atoms with Crippen LogP contribution < -0.4 is 5.73 Å². The molecule has 20 heavy (non-hydrogen) atoms. The van der Waals surface area contributed by atoms with E-state index in [4.69, 9.17) is 10.3 Å². The van der Waals surface area contributed by atoms with Crippen LogP contribution in [-0.4, -0.2) is 10.1 Å². The maximum atomic E-state index is 13.5. The predicted molar refractivity (Wildman–Crippen MR) is 73.7 cm³/mol. The van der Waals surface area contributed by atoms with E-state index in [1.54, 1.807) is 0 Å². The summed E-state index contributed by atoms with van der Waals surface area (Å²) in [5, 5.41) is 3.76. The zero-order chi connectivity index (χ0) is 14.9. The molecule has 4 nitrogen and oxygen atoms in total. The number of hydrogen-bond donors (Lipinski definition) is 1. The molecule has 0 radical (unpaired) electrons. The molecule has 1 heterocycles.